The molecule has 13 heteroatoms. The standard InChI is InChI=1S/C30H28Cl3N5O5/c1-38-30(41)19(9-11-35-38)28(40)36-23-8-4-6-17(27(23)33)16-5-3-7-18(26(16)32)24-13-21(31)20(29(37-24)42-2)14-34-22-10-12-43-15-25(22)39/h3-9,11,13,22,25,34,39H,10,12,14-15H2,1-2H3,(H,36,40). The predicted molar refractivity (Wildman–Crippen MR) is 166 cm³/mol. The number of pyridine rings is 1. The maximum absolute atomic E-state index is 12.9. The number of amides is 1. The Balaban J connectivity index is 1.44. The lowest BCUT2D eigenvalue weighted by Crippen LogP contribution is -2.46. The first kappa shape index (κ1) is 30.9. The Labute approximate surface area is 262 Å². The lowest BCUT2D eigenvalue weighted by atomic mass is 10.00. The zero-order chi connectivity index (χ0) is 30.7. The number of aliphatic hydroxyl groups excluding tert-OH is 1. The minimum Gasteiger partial charge on any atom is -0.481 e. The molecule has 0 saturated carbocycles. The molecule has 4 aromatic rings. The number of nitrogens with zero attached hydrogens (tertiary/aromatic N) is 3. The highest BCUT2D eigenvalue weighted by Gasteiger charge is 2.25. The molecule has 5 rings (SSSR count). The van der Waals surface area contributed by atoms with E-state index >= 15 is 0 Å². The minimum atomic E-state index is -0.617. The van der Waals surface area contributed by atoms with E-state index in [1.54, 1.807) is 36.4 Å². The molecule has 2 atom stereocenters. The van der Waals surface area contributed by atoms with Crippen LogP contribution in [-0.4, -0.2) is 58.2 Å². The SMILES string of the molecule is COc1nc(-c2cccc(-c3cccc(NC(=O)c4ccnn(C)c4=O)c3Cl)c2Cl)cc(Cl)c1CNC1CCOCC1O. The molecule has 0 aliphatic carbocycles. The highest BCUT2D eigenvalue weighted by molar-refractivity contribution is 6.39. The first-order chi connectivity index (χ1) is 20.7. The molecular formula is C30H28Cl3N5O5. The fraction of sp³-hybridized carbons (Fsp3) is 0.267. The van der Waals surface area contributed by atoms with E-state index in [9.17, 15) is 14.7 Å². The Bertz CT molecular complexity index is 1730. The number of ether oxygens (including phenoxy) is 2. The van der Waals surface area contributed by atoms with E-state index in [-0.39, 0.29) is 23.2 Å². The monoisotopic (exact) mass is 643 g/mol. The van der Waals surface area contributed by atoms with Crippen LogP contribution in [0.5, 0.6) is 5.88 Å². The molecule has 0 bridgehead atoms. The van der Waals surface area contributed by atoms with E-state index in [1.165, 1.54) is 26.4 Å². The van der Waals surface area contributed by atoms with Crippen LogP contribution >= 0.6 is 34.8 Å². The van der Waals surface area contributed by atoms with Crippen molar-refractivity contribution in [2.45, 2.75) is 25.1 Å². The first-order valence-corrected chi connectivity index (χ1v) is 14.5. The number of hydrogen-bond acceptors (Lipinski definition) is 8. The van der Waals surface area contributed by atoms with Gasteiger partial charge in [0.05, 0.1) is 46.3 Å². The molecule has 43 heavy (non-hydrogen) atoms. The van der Waals surface area contributed by atoms with Gasteiger partial charge in [0.25, 0.3) is 11.5 Å². The highest BCUT2D eigenvalue weighted by Crippen LogP contribution is 2.42. The first-order valence-electron chi connectivity index (χ1n) is 13.3. The maximum Gasteiger partial charge on any atom is 0.279 e. The molecule has 1 saturated heterocycles. The fourth-order valence-electron chi connectivity index (χ4n) is 4.82. The van der Waals surface area contributed by atoms with E-state index in [1.807, 2.05) is 6.07 Å². The molecule has 1 aliphatic heterocycles. The summed E-state index contributed by atoms with van der Waals surface area (Å²) >= 11 is 20.4. The van der Waals surface area contributed by atoms with Gasteiger partial charge in [0.2, 0.25) is 5.88 Å². The Morgan fingerprint density at radius 2 is 1.84 bits per heavy atom. The number of aryl methyl sites for hydroxylation is 1. The van der Waals surface area contributed by atoms with Gasteiger partial charge >= 0.3 is 0 Å². The quantitative estimate of drug-likeness (QED) is 0.245. The number of methoxy groups -OCH3 is 1. The second-order valence-corrected chi connectivity index (χ2v) is 11.0. The summed E-state index contributed by atoms with van der Waals surface area (Å²) in [6.07, 6.45) is 1.42. The third-order valence-corrected chi connectivity index (χ3v) is 8.31. The molecule has 1 aliphatic rings. The van der Waals surface area contributed by atoms with Crippen molar-refractivity contribution in [2.24, 2.45) is 7.05 Å². The molecule has 224 valence electrons. The van der Waals surface area contributed by atoms with E-state index in [4.69, 9.17) is 44.3 Å². The van der Waals surface area contributed by atoms with Gasteiger partial charge in [-0.05, 0) is 24.6 Å². The van der Waals surface area contributed by atoms with Crippen LogP contribution in [0.2, 0.25) is 15.1 Å². The van der Waals surface area contributed by atoms with Crippen molar-refractivity contribution in [3.05, 3.63) is 91.3 Å². The number of hydrogen-bond donors (Lipinski definition) is 3. The molecule has 3 heterocycles. The number of aromatic nitrogens is 3. The molecule has 1 amide bonds. The Hall–Kier alpha value is -3.51. The van der Waals surface area contributed by atoms with Crippen LogP contribution < -0.4 is 20.9 Å². The molecular weight excluding hydrogens is 617 g/mol. The number of aliphatic hydroxyl groups is 1. The van der Waals surface area contributed by atoms with Crippen molar-refractivity contribution < 1.29 is 19.4 Å². The summed E-state index contributed by atoms with van der Waals surface area (Å²) in [6, 6.07) is 13.5. The third kappa shape index (κ3) is 6.54. The summed E-state index contributed by atoms with van der Waals surface area (Å²) in [5.41, 5.74) is 2.57. The van der Waals surface area contributed by atoms with Crippen molar-refractivity contribution in [1.82, 2.24) is 20.1 Å². The smallest absolute Gasteiger partial charge is 0.279 e. The third-order valence-electron chi connectivity index (χ3n) is 7.15. The number of benzene rings is 2. The number of rotatable bonds is 8. The largest absolute Gasteiger partial charge is 0.481 e. The van der Waals surface area contributed by atoms with Crippen LogP contribution in [0.25, 0.3) is 22.4 Å². The van der Waals surface area contributed by atoms with Gasteiger partial charge in [-0.2, -0.15) is 5.10 Å². The Morgan fingerprint density at radius 1 is 1.12 bits per heavy atom. The average molecular weight is 645 g/mol. The van der Waals surface area contributed by atoms with Gasteiger partial charge < -0.3 is 25.2 Å². The highest BCUT2D eigenvalue weighted by atomic mass is 35.5. The van der Waals surface area contributed by atoms with Crippen LogP contribution in [0.1, 0.15) is 22.3 Å². The van der Waals surface area contributed by atoms with Crippen LogP contribution in [0, 0.1) is 0 Å². The summed E-state index contributed by atoms with van der Waals surface area (Å²) in [7, 11) is 2.97. The number of nitrogens with one attached hydrogen (secondary N) is 2. The minimum absolute atomic E-state index is 0.0708. The van der Waals surface area contributed by atoms with Gasteiger partial charge in [-0.15, -0.1) is 0 Å². The Kier molecular flexibility index (Phi) is 9.65. The van der Waals surface area contributed by atoms with Crippen molar-refractivity contribution in [3.8, 4) is 28.3 Å². The van der Waals surface area contributed by atoms with Gasteiger partial charge in [0.1, 0.15) is 5.56 Å². The zero-order valence-electron chi connectivity index (χ0n) is 23.2. The topological polar surface area (TPSA) is 128 Å². The molecule has 1 fully saturated rings. The van der Waals surface area contributed by atoms with Gasteiger partial charge in [0.15, 0.2) is 0 Å². The van der Waals surface area contributed by atoms with Crippen LogP contribution in [0.15, 0.2) is 59.5 Å². The summed E-state index contributed by atoms with van der Waals surface area (Å²) in [5, 5.41) is 21.1. The van der Waals surface area contributed by atoms with Gasteiger partial charge in [-0.3, -0.25) is 9.59 Å². The molecule has 0 spiro atoms. The van der Waals surface area contributed by atoms with Crippen LogP contribution in [0.3, 0.4) is 0 Å². The number of anilines is 1. The lowest BCUT2D eigenvalue weighted by molar-refractivity contribution is -0.0281. The van der Waals surface area contributed by atoms with E-state index in [2.05, 4.69) is 20.7 Å². The normalized spacial score (nSPS) is 16.6. The lowest BCUT2D eigenvalue weighted by Gasteiger charge is -2.29. The van der Waals surface area contributed by atoms with Gasteiger partial charge in [-0.25, -0.2) is 9.67 Å². The van der Waals surface area contributed by atoms with Crippen molar-refractivity contribution >= 4 is 46.4 Å². The zero-order valence-corrected chi connectivity index (χ0v) is 25.5. The number of halogens is 3. The number of carbonyl (C=O) groups is 1. The van der Waals surface area contributed by atoms with Crippen LogP contribution in [0.4, 0.5) is 5.69 Å². The maximum atomic E-state index is 12.9. The molecule has 0 radical (unpaired) electrons. The molecule has 3 N–H and O–H groups in total. The van der Waals surface area contributed by atoms with E-state index < -0.39 is 17.6 Å². The van der Waals surface area contributed by atoms with Gasteiger partial charge in [-0.1, -0.05) is 65.1 Å². The Morgan fingerprint density at radius 3 is 2.58 bits per heavy atom. The van der Waals surface area contributed by atoms with Crippen molar-refractivity contribution in [2.75, 3.05) is 25.6 Å². The van der Waals surface area contributed by atoms with E-state index in [0.717, 1.165) is 4.68 Å². The van der Waals surface area contributed by atoms with Crippen molar-refractivity contribution in [3.63, 3.8) is 0 Å². The summed E-state index contributed by atoms with van der Waals surface area (Å²) in [6.45, 7) is 1.18. The summed E-state index contributed by atoms with van der Waals surface area (Å²) in [5.74, 6) is -0.295. The second kappa shape index (κ2) is 13.4. The fourth-order valence-corrected chi connectivity index (χ4v) is 5.67. The molecule has 10 nitrogen and oxygen atoms in total. The summed E-state index contributed by atoms with van der Waals surface area (Å²) in [4.78, 5) is 29.9. The summed E-state index contributed by atoms with van der Waals surface area (Å²) < 4.78 is 12.0. The van der Waals surface area contributed by atoms with Gasteiger partial charge in [0, 0.05) is 54.7 Å². The van der Waals surface area contributed by atoms with Crippen LogP contribution in [-0.2, 0) is 18.3 Å². The van der Waals surface area contributed by atoms with Crippen molar-refractivity contribution in [1.29, 1.82) is 0 Å². The average Bonchev–Trinajstić information content (AvgIpc) is 2.99. The molecule has 2 aromatic carbocycles. The predicted octanol–water partition coefficient (Wildman–Crippen LogP) is 4.97. The second-order valence-electron chi connectivity index (χ2n) is 9.86. The number of carbonyl (C=O) groups excluding carboxylic acids is 1. The molecule has 2 unspecified atom stereocenters. The molecule has 2 aromatic heterocycles. The van der Waals surface area contributed by atoms with E-state index in [0.29, 0.717) is 69.1 Å².